The van der Waals surface area contributed by atoms with Crippen molar-refractivity contribution in [2.45, 2.75) is 32.2 Å². The van der Waals surface area contributed by atoms with Gasteiger partial charge < -0.3 is 24.8 Å². The van der Waals surface area contributed by atoms with E-state index in [1.54, 1.807) is 18.2 Å². The van der Waals surface area contributed by atoms with Crippen molar-refractivity contribution in [1.82, 2.24) is 5.32 Å². The van der Waals surface area contributed by atoms with Gasteiger partial charge in [0.15, 0.2) is 0 Å². The molecule has 0 spiro atoms. The Bertz CT molecular complexity index is 1030. The van der Waals surface area contributed by atoms with Crippen LogP contribution in [0.4, 0.5) is 23.2 Å². The number of carbonyl (C=O) groups is 2. The Morgan fingerprint density at radius 1 is 1.09 bits per heavy atom. The predicted octanol–water partition coefficient (Wildman–Crippen LogP) is 4.45. The second-order valence-corrected chi connectivity index (χ2v) is 7.17. The normalized spacial score (nSPS) is 15.6. The number of anilines is 1. The number of amides is 2. The summed E-state index contributed by atoms with van der Waals surface area (Å²) < 4.78 is 64.1. The Hall–Kier alpha value is -3.60. The number of carbonyl (C=O) groups excluding carboxylic acids is 2. The molecule has 3 rings (SSSR count). The highest BCUT2D eigenvalue weighted by molar-refractivity contribution is 6.07. The summed E-state index contributed by atoms with van der Waals surface area (Å²) in [6, 6.07) is 9.52. The number of benzene rings is 2. The summed E-state index contributed by atoms with van der Waals surface area (Å²) in [7, 11) is 0. The summed E-state index contributed by atoms with van der Waals surface area (Å²) in [5.41, 5.74) is 0.504. The summed E-state index contributed by atoms with van der Waals surface area (Å²) in [6.07, 6.45) is 3.94. The first-order valence-electron chi connectivity index (χ1n) is 10.3. The molecule has 1 unspecified atom stereocenters. The third kappa shape index (κ3) is 7.48. The Kier molecular flexibility index (Phi) is 8.86. The van der Waals surface area contributed by atoms with Gasteiger partial charge in [-0.25, -0.2) is 0 Å². The van der Waals surface area contributed by atoms with Crippen LogP contribution in [0.3, 0.4) is 0 Å². The molecule has 1 atom stereocenters. The summed E-state index contributed by atoms with van der Waals surface area (Å²) in [5, 5.41) is 5.33. The molecule has 1 aliphatic rings. The number of halogens is 4. The number of ether oxygens (including phenoxy) is 3. The maximum absolute atomic E-state index is 12.7. The van der Waals surface area contributed by atoms with Gasteiger partial charge in [0.2, 0.25) is 5.91 Å². The molecule has 0 saturated carbocycles. The lowest BCUT2D eigenvalue weighted by atomic mass is 10.1. The highest BCUT2D eigenvalue weighted by atomic mass is 19.3. The average Bonchev–Trinajstić information content (AvgIpc) is 3.30. The van der Waals surface area contributed by atoms with Gasteiger partial charge in [0.1, 0.15) is 11.5 Å². The second kappa shape index (κ2) is 12.0. The fraction of sp³-hybridized carbons (Fsp3) is 0.304. The van der Waals surface area contributed by atoms with Crippen molar-refractivity contribution in [1.29, 1.82) is 0 Å². The molecule has 1 fully saturated rings. The molecule has 0 aliphatic carbocycles. The van der Waals surface area contributed by atoms with Gasteiger partial charge in [-0.3, -0.25) is 9.59 Å². The third-order valence-electron chi connectivity index (χ3n) is 4.78. The van der Waals surface area contributed by atoms with E-state index in [1.807, 2.05) is 0 Å². The van der Waals surface area contributed by atoms with E-state index in [9.17, 15) is 27.2 Å². The van der Waals surface area contributed by atoms with Crippen molar-refractivity contribution in [2.75, 3.05) is 18.5 Å². The van der Waals surface area contributed by atoms with Crippen LogP contribution in [0.5, 0.6) is 11.5 Å². The van der Waals surface area contributed by atoms with Crippen molar-refractivity contribution in [3.8, 4) is 11.5 Å². The van der Waals surface area contributed by atoms with Crippen LogP contribution in [0.15, 0.2) is 48.5 Å². The van der Waals surface area contributed by atoms with Crippen LogP contribution in [-0.4, -0.2) is 44.3 Å². The van der Waals surface area contributed by atoms with E-state index in [-0.39, 0.29) is 28.7 Å². The van der Waals surface area contributed by atoms with Crippen LogP contribution in [0, 0.1) is 0 Å². The minimum absolute atomic E-state index is 0.0275. The molecule has 2 N–H and O–H groups in total. The summed E-state index contributed by atoms with van der Waals surface area (Å²) in [4.78, 5) is 25.0. The molecular formula is C23H22F4N2O5. The number of hydrogen-bond donors (Lipinski definition) is 2. The lowest BCUT2D eigenvalue weighted by Crippen LogP contribution is -2.32. The third-order valence-corrected chi connectivity index (χ3v) is 4.78. The standard InChI is InChI=1S/C23H22F4N2O5/c24-22(25)33-15-9-7-14(19(12-15)34-23(26)27)8-10-20(30)29-18-6-2-1-5-17(18)21(31)28-13-16-4-3-11-32-16/h1-2,5-10,12,16,22-23H,3-4,11,13H2,(H,28,31)(H,29,30). The minimum atomic E-state index is -3.22. The van der Waals surface area contributed by atoms with Crippen LogP contribution < -0.4 is 20.1 Å². The Morgan fingerprint density at radius 3 is 2.56 bits per heavy atom. The molecule has 2 aromatic rings. The first-order valence-corrected chi connectivity index (χ1v) is 10.3. The summed E-state index contributed by atoms with van der Waals surface area (Å²) >= 11 is 0. The first kappa shape index (κ1) is 25.0. The van der Waals surface area contributed by atoms with Crippen molar-refractivity contribution in [3.05, 3.63) is 59.7 Å². The Morgan fingerprint density at radius 2 is 1.85 bits per heavy atom. The zero-order valence-corrected chi connectivity index (χ0v) is 17.8. The van der Waals surface area contributed by atoms with Gasteiger partial charge in [-0.05, 0) is 43.2 Å². The lowest BCUT2D eigenvalue weighted by molar-refractivity contribution is -0.111. The molecular weight excluding hydrogens is 460 g/mol. The van der Waals surface area contributed by atoms with E-state index >= 15 is 0 Å². The van der Waals surface area contributed by atoms with E-state index in [2.05, 4.69) is 20.1 Å². The summed E-state index contributed by atoms with van der Waals surface area (Å²) in [5.74, 6) is -1.88. The van der Waals surface area contributed by atoms with Gasteiger partial charge in [0.05, 0.1) is 17.4 Å². The molecule has 2 amide bonds. The fourth-order valence-electron chi connectivity index (χ4n) is 3.26. The second-order valence-electron chi connectivity index (χ2n) is 7.17. The van der Waals surface area contributed by atoms with Crippen molar-refractivity contribution >= 4 is 23.6 Å². The Balaban J connectivity index is 1.68. The van der Waals surface area contributed by atoms with Crippen LogP contribution in [0.1, 0.15) is 28.8 Å². The number of para-hydroxylation sites is 1. The van der Waals surface area contributed by atoms with Crippen LogP contribution in [-0.2, 0) is 9.53 Å². The smallest absolute Gasteiger partial charge is 0.387 e. The zero-order chi connectivity index (χ0) is 24.5. The average molecular weight is 482 g/mol. The molecule has 0 aromatic heterocycles. The van der Waals surface area contributed by atoms with Crippen LogP contribution >= 0.6 is 0 Å². The maximum atomic E-state index is 12.7. The molecule has 7 nitrogen and oxygen atoms in total. The SMILES string of the molecule is O=C(C=Cc1ccc(OC(F)F)cc1OC(F)F)Nc1ccccc1C(=O)NCC1CCCO1. The van der Waals surface area contributed by atoms with Crippen molar-refractivity contribution < 1.29 is 41.4 Å². The van der Waals surface area contributed by atoms with Crippen molar-refractivity contribution in [2.24, 2.45) is 0 Å². The van der Waals surface area contributed by atoms with Gasteiger partial charge in [0, 0.05) is 30.9 Å². The largest absolute Gasteiger partial charge is 0.435 e. The van der Waals surface area contributed by atoms with Gasteiger partial charge in [-0.1, -0.05) is 12.1 Å². The molecule has 1 aliphatic heterocycles. The van der Waals surface area contributed by atoms with E-state index < -0.39 is 30.8 Å². The van der Waals surface area contributed by atoms with E-state index in [1.165, 1.54) is 18.2 Å². The van der Waals surface area contributed by atoms with Gasteiger partial charge in [-0.2, -0.15) is 17.6 Å². The minimum Gasteiger partial charge on any atom is -0.435 e. The number of rotatable bonds is 10. The number of nitrogens with one attached hydrogen (secondary N) is 2. The molecule has 2 aromatic carbocycles. The topological polar surface area (TPSA) is 85.9 Å². The fourth-order valence-corrected chi connectivity index (χ4v) is 3.26. The first-order chi connectivity index (χ1) is 16.3. The molecule has 1 heterocycles. The highest BCUT2D eigenvalue weighted by Gasteiger charge is 2.18. The van der Waals surface area contributed by atoms with Crippen molar-refractivity contribution in [3.63, 3.8) is 0 Å². The molecule has 182 valence electrons. The molecule has 11 heteroatoms. The molecule has 0 radical (unpaired) electrons. The van der Waals surface area contributed by atoms with E-state index in [0.717, 1.165) is 31.1 Å². The molecule has 34 heavy (non-hydrogen) atoms. The molecule has 1 saturated heterocycles. The maximum Gasteiger partial charge on any atom is 0.387 e. The van der Waals surface area contributed by atoms with Gasteiger partial charge >= 0.3 is 13.2 Å². The predicted molar refractivity (Wildman–Crippen MR) is 115 cm³/mol. The van der Waals surface area contributed by atoms with E-state index in [0.29, 0.717) is 13.2 Å². The number of hydrogen-bond acceptors (Lipinski definition) is 5. The zero-order valence-electron chi connectivity index (χ0n) is 17.8. The number of alkyl halides is 4. The van der Waals surface area contributed by atoms with Crippen LogP contribution in [0.2, 0.25) is 0 Å². The molecule has 0 bridgehead atoms. The summed E-state index contributed by atoms with van der Waals surface area (Å²) in [6.45, 7) is -5.36. The monoisotopic (exact) mass is 482 g/mol. The Labute approximate surface area is 192 Å². The quantitative estimate of drug-likeness (QED) is 0.386. The van der Waals surface area contributed by atoms with Gasteiger partial charge in [-0.15, -0.1) is 0 Å². The highest BCUT2D eigenvalue weighted by Crippen LogP contribution is 2.28. The van der Waals surface area contributed by atoms with E-state index in [4.69, 9.17) is 4.74 Å². The van der Waals surface area contributed by atoms with Gasteiger partial charge in [0.25, 0.3) is 5.91 Å². The lowest BCUT2D eigenvalue weighted by Gasteiger charge is -2.13. The van der Waals surface area contributed by atoms with Crippen LogP contribution in [0.25, 0.3) is 6.08 Å².